The molecule has 4 rings (SSSR count). The highest BCUT2D eigenvalue weighted by molar-refractivity contribution is 7.80. The second-order valence-corrected chi connectivity index (χ2v) is 8.50. The van der Waals surface area contributed by atoms with Gasteiger partial charge in [0.25, 0.3) is 0 Å². The van der Waals surface area contributed by atoms with Crippen LogP contribution in [0.4, 0.5) is 10.1 Å². The molecule has 2 N–H and O–H groups in total. The summed E-state index contributed by atoms with van der Waals surface area (Å²) in [5.41, 5.74) is 2.58. The zero-order chi connectivity index (χ0) is 22.7. The average molecular weight is 452 g/mol. The zero-order valence-corrected chi connectivity index (χ0v) is 18.8. The number of hydrogen-bond donors (Lipinski definition) is 2. The summed E-state index contributed by atoms with van der Waals surface area (Å²) in [6.07, 6.45) is 6.22. The van der Waals surface area contributed by atoms with Gasteiger partial charge in [0.1, 0.15) is 5.82 Å². The molecular formula is C24H26FN5OS. The van der Waals surface area contributed by atoms with E-state index in [4.69, 9.17) is 12.2 Å². The van der Waals surface area contributed by atoms with Crippen LogP contribution in [0, 0.1) is 5.82 Å². The molecule has 8 heteroatoms. The van der Waals surface area contributed by atoms with E-state index in [9.17, 15) is 9.18 Å². The number of benzene rings is 1. The zero-order valence-electron chi connectivity index (χ0n) is 18.0. The van der Waals surface area contributed by atoms with Gasteiger partial charge in [0.2, 0.25) is 5.91 Å². The summed E-state index contributed by atoms with van der Waals surface area (Å²) in [7, 11) is 0. The Balaban J connectivity index is 1.53. The summed E-state index contributed by atoms with van der Waals surface area (Å²) in [5, 5.41) is 6.81. The first-order valence-electron chi connectivity index (χ1n) is 10.6. The molecule has 0 aliphatic carbocycles. The van der Waals surface area contributed by atoms with Crippen LogP contribution in [-0.4, -0.2) is 32.0 Å². The van der Waals surface area contributed by atoms with Gasteiger partial charge >= 0.3 is 0 Å². The molecule has 2 aromatic heterocycles. The van der Waals surface area contributed by atoms with Gasteiger partial charge in [-0.25, -0.2) is 4.39 Å². The third-order valence-electron chi connectivity index (χ3n) is 5.58. The predicted molar refractivity (Wildman–Crippen MR) is 127 cm³/mol. The van der Waals surface area contributed by atoms with Crippen molar-refractivity contribution in [1.82, 2.24) is 19.8 Å². The Morgan fingerprint density at radius 2 is 2.00 bits per heavy atom. The number of pyridine rings is 1. The third kappa shape index (κ3) is 4.80. The number of halogens is 1. The number of nitrogens with one attached hydrogen (secondary N) is 2. The predicted octanol–water partition coefficient (Wildman–Crippen LogP) is 4.60. The first-order chi connectivity index (χ1) is 15.4. The van der Waals surface area contributed by atoms with Crippen LogP contribution in [-0.2, 0) is 4.79 Å². The fourth-order valence-electron chi connectivity index (χ4n) is 3.91. The Morgan fingerprint density at radius 3 is 2.66 bits per heavy atom. The fraction of sp³-hybridized carbons (Fsp3) is 0.292. The number of thiocarbonyl (C=S) groups is 1. The van der Waals surface area contributed by atoms with Gasteiger partial charge in [0.05, 0.1) is 17.8 Å². The Hall–Kier alpha value is -3.26. The second-order valence-electron chi connectivity index (χ2n) is 8.11. The lowest BCUT2D eigenvalue weighted by Gasteiger charge is -2.27. The highest BCUT2D eigenvalue weighted by Gasteiger charge is 2.40. The molecule has 1 fully saturated rings. The summed E-state index contributed by atoms with van der Waals surface area (Å²) in [5.74, 6) is -0.493. The third-order valence-corrected chi connectivity index (χ3v) is 5.93. The normalized spacial score (nSPS) is 18.1. The molecule has 6 nitrogen and oxygen atoms in total. The first-order valence-corrected chi connectivity index (χ1v) is 11.0. The van der Waals surface area contributed by atoms with E-state index in [1.54, 1.807) is 18.3 Å². The summed E-state index contributed by atoms with van der Waals surface area (Å²) in [6.45, 7) is 4.71. The molecule has 2 atom stereocenters. The lowest BCUT2D eigenvalue weighted by atomic mass is 9.99. The molecule has 3 aromatic rings. The van der Waals surface area contributed by atoms with Gasteiger partial charge in [-0.3, -0.25) is 9.78 Å². The quantitative estimate of drug-likeness (QED) is 0.514. The van der Waals surface area contributed by atoms with E-state index >= 15 is 0 Å². The molecule has 0 saturated carbocycles. The summed E-state index contributed by atoms with van der Waals surface area (Å²) in [4.78, 5) is 19.1. The molecule has 166 valence electrons. The number of carbonyl (C=O) groups excluding carboxylic acids is 1. The van der Waals surface area contributed by atoms with Crippen LogP contribution in [0.5, 0.6) is 0 Å². The van der Waals surface area contributed by atoms with E-state index in [2.05, 4.69) is 57.4 Å². The van der Waals surface area contributed by atoms with Gasteiger partial charge in [-0.15, -0.1) is 0 Å². The molecule has 3 heterocycles. The van der Waals surface area contributed by atoms with Crippen LogP contribution in [0.2, 0.25) is 0 Å². The number of carbonyl (C=O) groups is 1. The van der Waals surface area contributed by atoms with Crippen molar-refractivity contribution in [2.24, 2.45) is 0 Å². The summed E-state index contributed by atoms with van der Waals surface area (Å²) >= 11 is 5.66. The Labute approximate surface area is 192 Å². The molecule has 1 aliphatic rings. The molecule has 1 saturated heterocycles. The maximum absolute atomic E-state index is 13.1. The number of hydrogen-bond acceptors (Lipinski definition) is 3. The standard InChI is InChI=1S/C24H26FN5OS/c1-16(2)29-13-10-17(15-29)23-22(20-5-3-4-12-26-20)28-24(32)30(23)14-11-21(31)27-19-8-6-18(25)7-9-19/h3-10,12-13,15-16,22-23H,11,14H2,1-2H3,(H,27,31)(H,28,32)/t22-,23+/m1/s1. The van der Waals surface area contributed by atoms with Crippen molar-refractivity contribution in [2.45, 2.75) is 38.4 Å². The molecular weight excluding hydrogens is 425 g/mol. The lowest BCUT2D eigenvalue weighted by molar-refractivity contribution is -0.116. The highest BCUT2D eigenvalue weighted by atomic mass is 32.1. The first kappa shape index (κ1) is 22.0. The average Bonchev–Trinajstić information content (AvgIpc) is 3.39. The smallest absolute Gasteiger partial charge is 0.226 e. The minimum absolute atomic E-state index is 0.0870. The van der Waals surface area contributed by atoms with Gasteiger partial charge in [-0.05, 0) is 74.1 Å². The minimum Gasteiger partial charge on any atom is -0.352 e. The van der Waals surface area contributed by atoms with E-state index in [1.165, 1.54) is 12.1 Å². The number of amides is 1. The van der Waals surface area contributed by atoms with Crippen LogP contribution >= 0.6 is 12.2 Å². The molecule has 1 aliphatic heterocycles. The van der Waals surface area contributed by atoms with Crippen molar-refractivity contribution in [3.8, 4) is 0 Å². The van der Waals surface area contributed by atoms with Crippen LogP contribution in [0.3, 0.4) is 0 Å². The van der Waals surface area contributed by atoms with Gasteiger partial charge in [0.15, 0.2) is 5.11 Å². The van der Waals surface area contributed by atoms with E-state index in [0.717, 1.165) is 11.3 Å². The van der Waals surface area contributed by atoms with Crippen molar-refractivity contribution in [3.63, 3.8) is 0 Å². The second kappa shape index (κ2) is 9.48. The fourth-order valence-corrected chi connectivity index (χ4v) is 4.25. The molecule has 0 unspecified atom stereocenters. The largest absolute Gasteiger partial charge is 0.352 e. The lowest BCUT2D eigenvalue weighted by Crippen LogP contribution is -2.32. The van der Waals surface area contributed by atoms with Crippen LogP contribution < -0.4 is 10.6 Å². The van der Waals surface area contributed by atoms with Crippen molar-refractivity contribution in [2.75, 3.05) is 11.9 Å². The molecule has 0 radical (unpaired) electrons. The van der Waals surface area contributed by atoms with Gasteiger partial charge < -0.3 is 20.1 Å². The van der Waals surface area contributed by atoms with E-state index in [1.807, 2.05) is 18.2 Å². The topological polar surface area (TPSA) is 62.2 Å². The van der Waals surface area contributed by atoms with Crippen LogP contribution in [0.1, 0.15) is 49.7 Å². The Morgan fingerprint density at radius 1 is 1.22 bits per heavy atom. The maximum atomic E-state index is 13.1. The maximum Gasteiger partial charge on any atom is 0.226 e. The molecule has 0 bridgehead atoms. The molecule has 32 heavy (non-hydrogen) atoms. The summed E-state index contributed by atoms with van der Waals surface area (Å²) < 4.78 is 15.3. The molecule has 1 aromatic carbocycles. The van der Waals surface area contributed by atoms with Gasteiger partial charge in [0, 0.05) is 43.3 Å². The number of aromatic nitrogens is 2. The number of anilines is 1. The van der Waals surface area contributed by atoms with Crippen molar-refractivity contribution >= 4 is 28.9 Å². The molecule has 0 spiro atoms. The monoisotopic (exact) mass is 451 g/mol. The van der Waals surface area contributed by atoms with Crippen molar-refractivity contribution in [3.05, 3.63) is 84.2 Å². The minimum atomic E-state index is -0.340. The number of nitrogens with zero attached hydrogens (tertiary/aromatic N) is 3. The Bertz CT molecular complexity index is 1080. The Kier molecular flexibility index (Phi) is 6.50. The van der Waals surface area contributed by atoms with Crippen molar-refractivity contribution < 1.29 is 9.18 Å². The van der Waals surface area contributed by atoms with Crippen LogP contribution in [0.15, 0.2) is 67.1 Å². The van der Waals surface area contributed by atoms with E-state index < -0.39 is 0 Å². The van der Waals surface area contributed by atoms with Gasteiger partial charge in [-0.1, -0.05) is 6.07 Å². The van der Waals surface area contributed by atoms with Crippen LogP contribution in [0.25, 0.3) is 0 Å². The number of rotatable bonds is 7. The highest BCUT2D eigenvalue weighted by Crippen LogP contribution is 2.39. The SMILES string of the molecule is CC(C)n1ccc([C@H]2[C@@H](c3ccccn3)NC(=S)N2CCC(=O)Nc2ccc(F)cc2)c1. The summed E-state index contributed by atoms with van der Waals surface area (Å²) in [6, 6.07) is 13.8. The van der Waals surface area contributed by atoms with E-state index in [-0.39, 0.29) is 30.2 Å². The van der Waals surface area contributed by atoms with Crippen molar-refractivity contribution in [1.29, 1.82) is 0 Å². The molecule has 1 amide bonds. The van der Waals surface area contributed by atoms with E-state index in [0.29, 0.717) is 23.4 Å². The van der Waals surface area contributed by atoms with Gasteiger partial charge in [-0.2, -0.15) is 0 Å².